The third kappa shape index (κ3) is 4.32. The van der Waals surface area contributed by atoms with Gasteiger partial charge in [-0.15, -0.1) is 0 Å². The molecule has 32 heavy (non-hydrogen) atoms. The van der Waals surface area contributed by atoms with E-state index in [1.807, 2.05) is 27.3 Å². The van der Waals surface area contributed by atoms with Gasteiger partial charge in [0.15, 0.2) is 11.2 Å². The van der Waals surface area contributed by atoms with Gasteiger partial charge in [-0.1, -0.05) is 68.9 Å². The number of rotatable bonds is 6. The largest absolute Gasteiger partial charge is 0.332 e. The molecule has 3 aromatic rings. The molecule has 6 nitrogen and oxygen atoms in total. The highest BCUT2D eigenvalue weighted by Crippen LogP contribution is 2.26. The van der Waals surface area contributed by atoms with E-state index in [0.717, 1.165) is 31.2 Å². The Kier molecular flexibility index (Phi) is 6.28. The number of nitrogens with zero attached hydrogens (tertiary/aromatic N) is 4. The van der Waals surface area contributed by atoms with Gasteiger partial charge in [-0.05, 0) is 43.1 Å². The van der Waals surface area contributed by atoms with Crippen molar-refractivity contribution in [2.75, 3.05) is 0 Å². The van der Waals surface area contributed by atoms with Gasteiger partial charge in [0.2, 0.25) is 0 Å². The Morgan fingerprint density at radius 1 is 0.781 bits per heavy atom. The molecule has 2 aromatic heterocycles. The van der Waals surface area contributed by atoms with Crippen LogP contribution in [0.5, 0.6) is 0 Å². The second kappa shape index (κ2) is 9.47. The van der Waals surface area contributed by atoms with Crippen LogP contribution in [0, 0.1) is 11.8 Å². The topological polar surface area (TPSA) is 61.8 Å². The summed E-state index contributed by atoms with van der Waals surface area (Å²) in [5.74, 6) is 0.907. The molecule has 0 amide bonds. The molecule has 1 aromatic carbocycles. The zero-order valence-electron chi connectivity index (χ0n) is 18.9. The van der Waals surface area contributed by atoms with E-state index >= 15 is 0 Å². The summed E-state index contributed by atoms with van der Waals surface area (Å²) in [5, 5.41) is 0. The molecule has 2 saturated carbocycles. The van der Waals surface area contributed by atoms with Gasteiger partial charge >= 0.3 is 5.69 Å². The van der Waals surface area contributed by atoms with Gasteiger partial charge in [0, 0.05) is 19.6 Å². The molecule has 0 unspecified atom stereocenters. The molecule has 0 spiro atoms. The van der Waals surface area contributed by atoms with Crippen LogP contribution >= 0.6 is 0 Å². The number of hydrogen-bond donors (Lipinski definition) is 0. The molecule has 0 N–H and O–H groups in total. The van der Waals surface area contributed by atoms with Crippen molar-refractivity contribution in [2.45, 2.75) is 83.8 Å². The van der Waals surface area contributed by atoms with Crippen molar-refractivity contribution in [1.82, 2.24) is 18.7 Å². The average molecular weight is 435 g/mol. The van der Waals surface area contributed by atoms with Crippen molar-refractivity contribution in [2.24, 2.45) is 11.8 Å². The first-order chi connectivity index (χ1) is 15.7. The molecule has 2 aliphatic carbocycles. The smallest absolute Gasteiger partial charge is 0.320 e. The maximum atomic E-state index is 13.6. The lowest BCUT2D eigenvalue weighted by atomic mass is 9.89. The normalized spacial score (nSPS) is 18.4. The second-order valence-corrected chi connectivity index (χ2v) is 9.85. The van der Waals surface area contributed by atoms with E-state index in [1.165, 1.54) is 43.1 Å². The third-order valence-electron chi connectivity index (χ3n) is 7.51. The van der Waals surface area contributed by atoms with E-state index in [0.29, 0.717) is 42.6 Å². The number of aromatic nitrogens is 4. The summed E-state index contributed by atoms with van der Waals surface area (Å²) >= 11 is 0. The average Bonchev–Trinajstić information content (AvgIpc) is 3.25. The van der Waals surface area contributed by atoms with Crippen LogP contribution in [0.1, 0.15) is 69.8 Å². The minimum Gasteiger partial charge on any atom is -0.320 e. The molecule has 0 radical (unpaired) electrons. The van der Waals surface area contributed by atoms with Crippen molar-refractivity contribution in [3.63, 3.8) is 0 Å². The monoisotopic (exact) mass is 434 g/mol. The lowest BCUT2D eigenvalue weighted by Crippen LogP contribution is -2.43. The van der Waals surface area contributed by atoms with E-state index in [9.17, 15) is 9.59 Å². The van der Waals surface area contributed by atoms with Crippen LogP contribution < -0.4 is 11.2 Å². The molecular weight excluding hydrogens is 400 g/mol. The maximum Gasteiger partial charge on any atom is 0.332 e. The van der Waals surface area contributed by atoms with Gasteiger partial charge in [-0.25, -0.2) is 9.78 Å². The first-order valence-electron chi connectivity index (χ1n) is 12.4. The van der Waals surface area contributed by atoms with Gasteiger partial charge < -0.3 is 4.57 Å². The van der Waals surface area contributed by atoms with Crippen LogP contribution in [0.25, 0.3) is 11.2 Å². The summed E-state index contributed by atoms with van der Waals surface area (Å²) in [6.45, 7) is 1.79. The number of hydrogen-bond acceptors (Lipinski definition) is 3. The highest BCUT2D eigenvalue weighted by Gasteiger charge is 2.24. The lowest BCUT2D eigenvalue weighted by molar-refractivity contribution is 0.296. The molecule has 2 heterocycles. The van der Waals surface area contributed by atoms with Gasteiger partial charge in [-0.3, -0.25) is 13.9 Å². The predicted octanol–water partition coefficient (Wildman–Crippen LogP) is 4.57. The maximum absolute atomic E-state index is 13.6. The van der Waals surface area contributed by atoms with Crippen molar-refractivity contribution in [1.29, 1.82) is 0 Å². The van der Waals surface area contributed by atoms with E-state index in [-0.39, 0.29) is 11.2 Å². The fourth-order valence-corrected chi connectivity index (χ4v) is 5.72. The summed E-state index contributed by atoms with van der Waals surface area (Å²) in [6.07, 6.45) is 13.7. The molecule has 5 rings (SSSR count). The van der Waals surface area contributed by atoms with Crippen LogP contribution in [0.15, 0.2) is 46.2 Å². The Morgan fingerprint density at radius 2 is 1.38 bits per heavy atom. The molecule has 0 saturated heterocycles. The van der Waals surface area contributed by atoms with Crippen molar-refractivity contribution >= 4 is 11.2 Å². The molecule has 0 bridgehead atoms. The van der Waals surface area contributed by atoms with Crippen LogP contribution in [0.4, 0.5) is 0 Å². The Morgan fingerprint density at radius 3 is 2.00 bits per heavy atom. The number of imidazole rings is 1. The first-order valence-corrected chi connectivity index (χ1v) is 12.4. The Hall–Kier alpha value is -2.63. The molecule has 2 fully saturated rings. The van der Waals surface area contributed by atoms with Crippen molar-refractivity contribution in [3.8, 4) is 0 Å². The fraction of sp³-hybridized carbons (Fsp3) is 0.577. The van der Waals surface area contributed by atoms with Crippen molar-refractivity contribution in [3.05, 3.63) is 63.1 Å². The molecule has 0 atom stereocenters. The first kappa shape index (κ1) is 21.2. The Balaban J connectivity index is 1.59. The van der Waals surface area contributed by atoms with Crippen molar-refractivity contribution < 1.29 is 0 Å². The third-order valence-corrected chi connectivity index (χ3v) is 7.51. The Bertz CT molecular complexity index is 1160. The summed E-state index contributed by atoms with van der Waals surface area (Å²) in [5.41, 5.74) is 1.91. The van der Waals surface area contributed by atoms with Crippen LogP contribution in [0.3, 0.4) is 0 Å². The second-order valence-electron chi connectivity index (χ2n) is 9.85. The minimum absolute atomic E-state index is 0.163. The van der Waals surface area contributed by atoms with Crippen LogP contribution in [-0.4, -0.2) is 18.7 Å². The molecule has 6 heteroatoms. The Labute approximate surface area is 188 Å². The van der Waals surface area contributed by atoms with E-state index in [2.05, 4.69) is 17.1 Å². The van der Waals surface area contributed by atoms with Gasteiger partial charge in [0.25, 0.3) is 5.56 Å². The highest BCUT2D eigenvalue weighted by atomic mass is 16.2. The summed E-state index contributed by atoms with van der Waals surface area (Å²) < 4.78 is 5.28. The number of fused-ring (bicyclic) bond motifs is 1. The number of benzene rings is 1. The molecule has 2 aliphatic rings. The van der Waals surface area contributed by atoms with Gasteiger partial charge in [-0.2, -0.15) is 0 Å². The highest BCUT2D eigenvalue weighted by molar-refractivity contribution is 5.70. The summed E-state index contributed by atoms with van der Waals surface area (Å²) in [6, 6.07) is 10.1. The van der Waals surface area contributed by atoms with Crippen LogP contribution in [0.2, 0.25) is 0 Å². The minimum atomic E-state index is -0.177. The van der Waals surface area contributed by atoms with Crippen LogP contribution in [-0.2, 0) is 19.6 Å². The zero-order valence-corrected chi connectivity index (χ0v) is 18.9. The SMILES string of the molecule is O=c1c2c(ncn2Cc2ccccc2)n(CC2CCCCC2)c(=O)n1CC1CCCCC1. The van der Waals surface area contributed by atoms with E-state index in [4.69, 9.17) is 0 Å². The molecule has 170 valence electrons. The summed E-state index contributed by atoms with van der Waals surface area (Å²) in [7, 11) is 0. The quantitative estimate of drug-likeness (QED) is 0.571. The standard InChI is InChI=1S/C26H34N4O2/c31-25-23-24(27-19-28(23)16-20-10-4-1-5-11-20)29(17-21-12-6-2-7-13-21)26(32)30(25)18-22-14-8-3-9-15-22/h1,4-5,10-11,19,21-22H,2-3,6-9,12-18H2. The van der Waals surface area contributed by atoms with Gasteiger partial charge in [0.05, 0.1) is 6.33 Å². The zero-order chi connectivity index (χ0) is 21.9. The van der Waals surface area contributed by atoms with E-state index < -0.39 is 0 Å². The summed E-state index contributed by atoms with van der Waals surface area (Å²) in [4.78, 5) is 31.8. The van der Waals surface area contributed by atoms with E-state index in [1.54, 1.807) is 6.33 Å². The molecular formula is C26H34N4O2. The van der Waals surface area contributed by atoms with Gasteiger partial charge in [0.1, 0.15) is 0 Å². The fourth-order valence-electron chi connectivity index (χ4n) is 5.72. The predicted molar refractivity (Wildman–Crippen MR) is 127 cm³/mol. The lowest BCUT2D eigenvalue weighted by Gasteiger charge is -2.25. The molecule has 0 aliphatic heterocycles.